The van der Waals surface area contributed by atoms with Crippen LogP contribution in [0.25, 0.3) is 0 Å². The predicted molar refractivity (Wildman–Crippen MR) is 79.2 cm³/mol. The number of nitrogens with zero attached hydrogens (tertiary/aromatic N) is 2. The van der Waals surface area contributed by atoms with Crippen LogP contribution in [0.1, 0.15) is 38.8 Å². The van der Waals surface area contributed by atoms with Gasteiger partial charge in [0.05, 0.1) is 17.9 Å². The van der Waals surface area contributed by atoms with E-state index in [1.807, 2.05) is 13.0 Å². The van der Waals surface area contributed by atoms with Gasteiger partial charge >= 0.3 is 6.09 Å². The highest BCUT2D eigenvalue weighted by Crippen LogP contribution is 2.42. The Morgan fingerprint density at radius 1 is 1.52 bits per heavy atom. The molecule has 1 unspecified atom stereocenters. The monoisotopic (exact) mass is 288 g/mol. The lowest BCUT2D eigenvalue weighted by molar-refractivity contribution is 0.0575. The molecule has 1 aliphatic rings. The van der Waals surface area contributed by atoms with Gasteiger partial charge in [0.15, 0.2) is 0 Å². The summed E-state index contributed by atoms with van der Waals surface area (Å²) < 4.78 is 5.41. The Bertz CT molecular complexity index is 613. The Hall–Kier alpha value is -2.06. The zero-order chi connectivity index (χ0) is 15.8. The predicted octanol–water partition coefficient (Wildman–Crippen LogP) is 2.56. The normalized spacial score (nSPS) is 20.9. The van der Waals surface area contributed by atoms with Gasteiger partial charge in [-0.15, -0.1) is 0 Å². The number of ether oxygens (including phenoxy) is 1. The lowest BCUT2D eigenvalue weighted by Crippen LogP contribution is -2.40. The molecule has 5 nitrogen and oxygen atoms in total. The van der Waals surface area contributed by atoms with Gasteiger partial charge in [0.25, 0.3) is 0 Å². The maximum Gasteiger partial charge on any atom is 0.414 e. The molecule has 112 valence electrons. The first-order chi connectivity index (χ1) is 9.72. The van der Waals surface area contributed by atoms with E-state index >= 15 is 0 Å². The van der Waals surface area contributed by atoms with Gasteiger partial charge in [0, 0.05) is 12.0 Å². The number of carbonyl (C=O) groups is 1. The Morgan fingerprint density at radius 3 is 2.71 bits per heavy atom. The first-order valence-electron chi connectivity index (χ1n) is 6.87. The minimum absolute atomic E-state index is 0.103. The maximum absolute atomic E-state index is 12.4. The summed E-state index contributed by atoms with van der Waals surface area (Å²) in [7, 11) is 0. The molecule has 1 N–H and O–H groups in total. The quantitative estimate of drug-likeness (QED) is 0.862. The van der Waals surface area contributed by atoms with Gasteiger partial charge < -0.3 is 9.84 Å². The largest absolute Gasteiger partial charge is 0.443 e. The lowest BCUT2D eigenvalue weighted by Gasteiger charge is -2.26. The van der Waals surface area contributed by atoms with Crippen LogP contribution < -0.4 is 4.90 Å². The number of carbonyl (C=O) groups excluding carboxylic acids is 1. The molecular formula is C16H20N2O3. The number of aliphatic hydroxyl groups is 1. The number of nitriles is 1. The molecule has 1 heterocycles. The fourth-order valence-corrected chi connectivity index (χ4v) is 2.53. The Labute approximate surface area is 124 Å². The van der Waals surface area contributed by atoms with Gasteiger partial charge in [0.1, 0.15) is 11.7 Å². The summed E-state index contributed by atoms with van der Waals surface area (Å²) in [6.45, 7) is 7.45. The first kappa shape index (κ1) is 15.3. The molecule has 0 spiro atoms. The van der Waals surface area contributed by atoms with E-state index in [1.54, 1.807) is 32.9 Å². The third-order valence-electron chi connectivity index (χ3n) is 3.55. The summed E-state index contributed by atoms with van der Waals surface area (Å²) >= 11 is 0. The van der Waals surface area contributed by atoms with Crippen LogP contribution in [-0.2, 0) is 10.2 Å². The van der Waals surface area contributed by atoms with E-state index in [-0.39, 0.29) is 6.61 Å². The van der Waals surface area contributed by atoms with E-state index in [2.05, 4.69) is 6.07 Å². The Kier molecular flexibility index (Phi) is 3.68. The van der Waals surface area contributed by atoms with Crippen molar-refractivity contribution in [3.63, 3.8) is 0 Å². The standard InChI is InChI=1S/C16H20N2O3/c1-15(2,3)21-14(20)18-9-16(4,10-19)12-7-5-6-11(8-17)13(12)18/h5-7,19H,9-10H2,1-4H3. The molecule has 5 heteroatoms. The smallest absolute Gasteiger partial charge is 0.414 e. The molecule has 1 aliphatic heterocycles. The molecule has 0 radical (unpaired) electrons. The molecular weight excluding hydrogens is 268 g/mol. The highest BCUT2D eigenvalue weighted by Gasteiger charge is 2.43. The van der Waals surface area contributed by atoms with Crippen molar-refractivity contribution in [1.82, 2.24) is 0 Å². The Morgan fingerprint density at radius 2 is 2.19 bits per heavy atom. The van der Waals surface area contributed by atoms with E-state index in [0.717, 1.165) is 5.56 Å². The number of fused-ring (bicyclic) bond motifs is 1. The number of aliphatic hydroxyl groups excluding tert-OH is 1. The van der Waals surface area contributed by atoms with Crippen LogP contribution >= 0.6 is 0 Å². The van der Waals surface area contributed by atoms with Crippen molar-refractivity contribution in [2.24, 2.45) is 0 Å². The van der Waals surface area contributed by atoms with Gasteiger partial charge in [0.2, 0.25) is 0 Å². The highest BCUT2D eigenvalue weighted by atomic mass is 16.6. The van der Waals surface area contributed by atoms with Crippen LogP contribution in [0, 0.1) is 11.3 Å². The topological polar surface area (TPSA) is 73.6 Å². The summed E-state index contributed by atoms with van der Waals surface area (Å²) in [5, 5.41) is 19.0. The summed E-state index contributed by atoms with van der Waals surface area (Å²) in [6, 6.07) is 7.38. The number of amides is 1. The van der Waals surface area contributed by atoms with E-state index in [4.69, 9.17) is 4.74 Å². The molecule has 21 heavy (non-hydrogen) atoms. The zero-order valence-corrected chi connectivity index (χ0v) is 12.8. The summed E-state index contributed by atoms with van der Waals surface area (Å²) in [4.78, 5) is 13.9. The number of hydrogen-bond donors (Lipinski definition) is 1. The maximum atomic E-state index is 12.4. The third kappa shape index (κ3) is 2.72. The number of anilines is 1. The number of para-hydroxylation sites is 1. The van der Waals surface area contributed by atoms with Crippen LogP contribution in [0.3, 0.4) is 0 Å². The van der Waals surface area contributed by atoms with Gasteiger partial charge in [-0.05, 0) is 32.4 Å². The molecule has 0 aliphatic carbocycles. The molecule has 2 rings (SSSR count). The molecule has 1 amide bonds. The first-order valence-corrected chi connectivity index (χ1v) is 6.87. The zero-order valence-electron chi connectivity index (χ0n) is 12.8. The fourth-order valence-electron chi connectivity index (χ4n) is 2.53. The SMILES string of the molecule is CC(C)(C)OC(=O)N1CC(C)(CO)c2cccc(C#N)c21. The van der Waals surface area contributed by atoms with Gasteiger partial charge in [-0.3, -0.25) is 4.90 Å². The van der Waals surface area contributed by atoms with Crippen LogP contribution in [0.5, 0.6) is 0 Å². The van der Waals surface area contributed by atoms with Crippen LogP contribution in [-0.4, -0.2) is 30.0 Å². The number of rotatable bonds is 1. The highest BCUT2D eigenvalue weighted by molar-refractivity contribution is 5.93. The molecule has 0 saturated heterocycles. The molecule has 1 aromatic carbocycles. The molecule has 0 aromatic heterocycles. The molecule has 0 bridgehead atoms. The average molecular weight is 288 g/mol. The second-order valence-electron chi connectivity index (χ2n) is 6.60. The summed E-state index contributed by atoms with van der Waals surface area (Å²) in [5.74, 6) is 0. The van der Waals surface area contributed by atoms with Crippen LogP contribution in [0.4, 0.5) is 10.5 Å². The van der Waals surface area contributed by atoms with Crippen LogP contribution in [0.2, 0.25) is 0 Å². The van der Waals surface area contributed by atoms with Crippen LogP contribution in [0.15, 0.2) is 18.2 Å². The van der Waals surface area contributed by atoms with Crippen molar-refractivity contribution in [1.29, 1.82) is 5.26 Å². The summed E-state index contributed by atoms with van der Waals surface area (Å²) in [6.07, 6.45) is -0.497. The van der Waals surface area contributed by atoms with E-state index < -0.39 is 17.1 Å². The average Bonchev–Trinajstić information content (AvgIpc) is 2.72. The van der Waals surface area contributed by atoms with Gasteiger partial charge in [-0.1, -0.05) is 19.1 Å². The third-order valence-corrected chi connectivity index (χ3v) is 3.55. The summed E-state index contributed by atoms with van der Waals surface area (Å²) in [5.41, 5.74) is 0.562. The van der Waals surface area contributed by atoms with E-state index in [0.29, 0.717) is 17.8 Å². The van der Waals surface area contributed by atoms with Gasteiger partial charge in [-0.2, -0.15) is 5.26 Å². The fraction of sp³-hybridized carbons (Fsp3) is 0.500. The molecule has 0 fully saturated rings. The number of hydrogen-bond acceptors (Lipinski definition) is 4. The Balaban J connectivity index is 2.50. The van der Waals surface area contributed by atoms with Gasteiger partial charge in [-0.25, -0.2) is 4.79 Å². The van der Waals surface area contributed by atoms with Crippen molar-refractivity contribution >= 4 is 11.8 Å². The minimum Gasteiger partial charge on any atom is -0.443 e. The number of benzene rings is 1. The lowest BCUT2D eigenvalue weighted by atomic mass is 9.85. The molecule has 1 aromatic rings. The van der Waals surface area contributed by atoms with Crippen molar-refractivity contribution in [3.8, 4) is 6.07 Å². The van der Waals surface area contributed by atoms with Crippen molar-refractivity contribution in [2.75, 3.05) is 18.1 Å². The van der Waals surface area contributed by atoms with E-state index in [1.165, 1.54) is 4.90 Å². The van der Waals surface area contributed by atoms with Crippen molar-refractivity contribution in [3.05, 3.63) is 29.3 Å². The second-order valence-corrected chi connectivity index (χ2v) is 6.60. The van der Waals surface area contributed by atoms with Crippen molar-refractivity contribution < 1.29 is 14.6 Å². The molecule has 1 atom stereocenters. The van der Waals surface area contributed by atoms with Crippen molar-refractivity contribution in [2.45, 2.75) is 38.7 Å². The second kappa shape index (κ2) is 5.05. The van der Waals surface area contributed by atoms with E-state index in [9.17, 15) is 15.2 Å². The minimum atomic E-state index is -0.614. The molecule has 0 saturated carbocycles.